The molecule has 4 rings (SSSR count). The van der Waals surface area contributed by atoms with Gasteiger partial charge in [0.25, 0.3) is 6.71 Å². The van der Waals surface area contributed by atoms with E-state index >= 15 is 0 Å². The summed E-state index contributed by atoms with van der Waals surface area (Å²) >= 11 is 6.19. The van der Waals surface area contributed by atoms with Gasteiger partial charge in [-0.15, -0.1) is 0 Å². The van der Waals surface area contributed by atoms with Crippen LogP contribution in [0.1, 0.15) is 18.1 Å². The Morgan fingerprint density at radius 1 is 1.29 bits per heavy atom. The molecule has 1 saturated heterocycles. The first kappa shape index (κ1) is 21.4. The van der Waals surface area contributed by atoms with Crippen molar-refractivity contribution in [1.29, 1.82) is 5.26 Å². The lowest BCUT2D eigenvalue weighted by molar-refractivity contribution is 0.213. The average Bonchev–Trinajstić information content (AvgIpc) is 3.21. The summed E-state index contributed by atoms with van der Waals surface area (Å²) in [5.74, 6) is 3.76. The molecule has 0 radical (unpaired) electrons. The molecule has 1 aliphatic heterocycles. The van der Waals surface area contributed by atoms with Crippen molar-refractivity contribution in [2.45, 2.75) is 32.5 Å². The van der Waals surface area contributed by atoms with Gasteiger partial charge in [-0.3, -0.25) is 0 Å². The Bertz CT molecular complexity index is 1060. The van der Waals surface area contributed by atoms with Gasteiger partial charge in [0.2, 0.25) is 5.88 Å². The summed E-state index contributed by atoms with van der Waals surface area (Å²) in [6.07, 6.45) is 6.37. The summed E-state index contributed by atoms with van der Waals surface area (Å²) in [5, 5.41) is 17.2. The third-order valence-electron chi connectivity index (χ3n) is 5.59. The van der Waals surface area contributed by atoms with E-state index in [-0.39, 0.29) is 6.71 Å². The van der Waals surface area contributed by atoms with Gasteiger partial charge in [0, 0.05) is 43.0 Å². The highest BCUT2D eigenvalue weighted by Gasteiger charge is 2.22. The lowest BCUT2D eigenvalue weighted by Gasteiger charge is -2.27. The van der Waals surface area contributed by atoms with Crippen molar-refractivity contribution in [2.24, 2.45) is 0 Å². The maximum atomic E-state index is 8.98. The summed E-state index contributed by atoms with van der Waals surface area (Å²) in [6.45, 7) is 6.22. The standard InChI is InChI=1S/C21H25BClN7O/c1-2-17-14-27-30-19(11-18(23)28-21(17)30)25-12-16-3-4-20(26-13-16)31-10-9-29-7-5-22(15-24)6-8-29/h3-4,11,13-14,25H,2,5-10,12H2,1H3. The molecule has 1 fully saturated rings. The maximum Gasteiger partial charge on any atom is 0.270 e. The smallest absolute Gasteiger partial charge is 0.270 e. The zero-order chi connectivity index (χ0) is 21.6. The molecule has 0 atom stereocenters. The normalized spacial score (nSPS) is 14.5. The fourth-order valence-corrected chi connectivity index (χ4v) is 3.90. The SMILES string of the molecule is CCc1cnn2c(NCc3ccc(OCCN4CCB(C#N)CC4)nc3)cc(Cl)nc12. The van der Waals surface area contributed by atoms with Crippen LogP contribution in [0, 0.1) is 11.2 Å². The fourth-order valence-electron chi connectivity index (χ4n) is 3.71. The number of halogens is 1. The van der Waals surface area contributed by atoms with Crippen LogP contribution in [0.5, 0.6) is 5.88 Å². The zero-order valence-electron chi connectivity index (χ0n) is 17.6. The summed E-state index contributed by atoms with van der Waals surface area (Å²) in [4.78, 5) is 11.1. The number of aromatic nitrogens is 4. The number of aryl methyl sites for hydroxylation is 1. The monoisotopic (exact) mass is 437 g/mol. The van der Waals surface area contributed by atoms with E-state index in [0.717, 1.165) is 61.3 Å². The number of anilines is 1. The van der Waals surface area contributed by atoms with E-state index in [1.807, 2.05) is 18.3 Å². The van der Waals surface area contributed by atoms with Gasteiger partial charge in [0.05, 0.1) is 6.20 Å². The molecule has 0 aromatic carbocycles. The highest BCUT2D eigenvalue weighted by Crippen LogP contribution is 2.20. The van der Waals surface area contributed by atoms with Crippen LogP contribution in [-0.2, 0) is 13.0 Å². The minimum atomic E-state index is 0.209. The second-order valence-corrected chi connectivity index (χ2v) is 8.06. The molecule has 0 spiro atoms. The quantitative estimate of drug-likeness (QED) is 0.427. The zero-order valence-corrected chi connectivity index (χ0v) is 18.3. The molecule has 0 bridgehead atoms. The summed E-state index contributed by atoms with van der Waals surface area (Å²) < 4.78 is 7.56. The van der Waals surface area contributed by atoms with Crippen LogP contribution in [0.2, 0.25) is 17.8 Å². The van der Waals surface area contributed by atoms with Crippen LogP contribution >= 0.6 is 11.6 Å². The third kappa shape index (κ3) is 5.27. The Hall–Kier alpha value is -2.83. The van der Waals surface area contributed by atoms with Gasteiger partial charge >= 0.3 is 0 Å². The topological polar surface area (TPSA) is 91.4 Å². The van der Waals surface area contributed by atoms with Gasteiger partial charge in [0.1, 0.15) is 17.6 Å². The first-order chi connectivity index (χ1) is 15.2. The van der Waals surface area contributed by atoms with E-state index in [9.17, 15) is 0 Å². The molecule has 0 unspecified atom stereocenters. The summed E-state index contributed by atoms with van der Waals surface area (Å²) in [6, 6.07) is 5.65. The number of nitriles is 1. The summed E-state index contributed by atoms with van der Waals surface area (Å²) in [5.41, 5.74) is 2.86. The van der Waals surface area contributed by atoms with Crippen molar-refractivity contribution in [3.63, 3.8) is 0 Å². The Balaban J connectivity index is 1.28. The second kappa shape index (κ2) is 9.99. The largest absolute Gasteiger partial charge is 0.476 e. The number of nitrogens with one attached hydrogen (secondary N) is 1. The molecule has 0 amide bonds. The van der Waals surface area contributed by atoms with Crippen molar-refractivity contribution < 1.29 is 4.74 Å². The number of fused-ring (bicyclic) bond motifs is 1. The second-order valence-electron chi connectivity index (χ2n) is 7.67. The van der Waals surface area contributed by atoms with E-state index < -0.39 is 0 Å². The van der Waals surface area contributed by atoms with Crippen LogP contribution in [0.15, 0.2) is 30.6 Å². The molecular weight excluding hydrogens is 413 g/mol. The molecule has 3 aromatic rings. The van der Waals surface area contributed by atoms with Crippen LogP contribution in [0.4, 0.5) is 5.82 Å². The Morgan fingerprint density at radius 3 is 2.84 bits per heavy atom. The van der Waals surface area contributed by atoms with E-state index in [2.05, 4.69) is 38.2 Å². The van der Waals surface area contributed by atoms with E-state index in [4.69, 9.17) is 21.6 Å². The molecule has 10 heteroatoms. The van der Waals surface area contributed by atoms with Crippen LogP contribution < -0.4 is 10.1 Å². The Kier molecular flexibility index (Phi) is 6.90. The lowest BCUT2D eigenvalue weighted by atomic mass is 9.45. The molecular formula is C21H25BClN7O. The molecule has 1 aliphatic rings. The fraction of sp³-hybridized carbons (Fsp3) is 0.429. The first-order valence-electron chi connectivity index (χ1n) is 10.6. The average molecular weight is 438 g/mol. The molecule has 0 saturated carbocycles. The van der Waals surface area contributed by atoms with E-state index in [1.54, 1.807) is 16.8 Å². The number of hydrogen-bond donors (Lipinski definition) is 1. The van der Waals surface area contributed by atoms with Crippen LogP contribution in [-0.4, -0.2) is 57.4 Å². The highest BCUT2D eigenvalue weighted by atomic mass is 35.5. The van der Waals surface area contributed by atoms with Crippen LogP contribution in [0.3, 0.4) is 0 Å². The molecule has 31 heavy (non-hydrogen) atoms. The third-order valence-corrected chi connectivity index (χ3v) is 5.79. The van der Waals surface area contributed by atoms with Crippen molar-refractivity contribution in [3.05, 3.63) is 46.9 Å². The molecule has 160 valence electrons. The number of hydrogen-bond acceptors (Lipinski definition) is 7. The highest BCUT2D eigenvalue weighted by molar-refractivity contribution is 6.67. The predicted molar refractivity (Wildman–Crippen MR) is 122 cm³/mol. The van der Waals surface area contributed by atoms with Gasteiger partial charge in [-0.2, -0.15) is 9.61 Å². The van der Waals surface area contributed by atoms with Gasteiger partial charge in [-0.05, 0) is 37.7 Å². The molecule has 3 aromatic heterocycles. The molecule has 0 aliphatic carbocycles. The van der Waals surface area contributed by atoms with Crippen molar-refractivity contribution >= 4 is 29.8 Å². The number of ether oxygens (including phenoxy) is 1. The van der Waals surface area contributed by atoms with E-state index in [0.29, 0.717) is 24.2 Å². The molecule has 8 nitrogen and oxygen atoms in total. The van der Waals surface area contributed by atoms with Gasteiger partial charge in [-0.25, -0.2) is 15.2 Å². The Morgan fingerprint density at radius 2 is 2.13 bits per heavy atom. The minimum absolute atomic E-state index is 0.209. The Labute approximate surface area is 187 Å². The molecule has 4 heterocycles. The van der Waals surface area contributed by atoms with Crippen molar-refractivity contribution in [3.8, 4) is 11.8 Å². The van der Waals surface area contributed by atoms with E-state index in [1.165, 1.54) is 0 Å². The predicted octanol–water partition coefficient (Wildman–Crippen LogP) is 3.20. The number of pyridine rings is 1. The van der Waals surface area contributed by atoms with Gasteiger partial charge in [-0.1, -0.05) is 24.6 Å². The first-order valence-corrected chi connectivity index (χ1v) is 11.0. The number of nitrogens with zero attached hydrogens (tertiary/aromatic N) is 6. The van der Waals surface area contributed by atoms with Gasteiger partial charge < -0.3 is 15.0 Å². The maximum absolute atomic E-state index is 8.98. The van der Waals surface area contributed by atoms with Crippen molar-refractivity contribution in [2.75, 3.05) is 31.6 Å². The van der Waals surface area contributed by atoms with Gasteiger partial charge in [0.15, 0.2) is 5.65 Å². The lowest BCUT2D eigenvalue weighted by Crippen LogP contribution is -2.38. The minimum Gasteiger partial charge on any atom is -0.476 e. The summed E-state index contributed by atoms with van der Waals surface area (Å²) in [7, 11) is 0. The van der Waals surface area contributed by atoms with Crippen molar-refractivity contribution in [1.82, 2.24) is 24.5 Å². The molecule has 1 N–H and O–H groups in total. The van der Waals surface area contributed by atoms with Crippen LogP contribution in [0.25, 0.3) is 5.65 Å². The number of rotatable bonds is 8.